The van der Waals surface area contributed by atoms with Crippen LogP contribution in [0, 0.1) is 0 Å². The standard InChI is InChI=1S/C19H29N7O2/c1-4-28-18-11-17(21-13-22-18)23-15-5-8-25(9-6-15)19(27)20-12-16-7-10-26(24-16)14(2)3/h7,10-11,13-15H,4-6,8-9,12H2,1-3H3,(H,20,27)(H,21,22,23). The SMILES string of the molecule is CCOc1cc(NC2CCN(C(=O)NCc3ccn(C(C)C)n3)CC2)ncn1. The van der Waals surface area contributed by atoms with Gasteiger partial charge in [0.2, 0.25) is 5.88 Å². The fraction of sp³-hybridized carbons (Fsp3) is 0.579. The Morgan fingerprint density at radius 3 is 2.79 bits per heavy atom. The second-order valence-corrected chi connectivity index (χ2v) is 7.12. The van der Waals surface area contributed by atoms with Gasteiger partial charge in [0.15, 0.2) is 0 Å². The molecular formula is C19H29N7O2. The summed E-state index contributed by atoms with van der Waals surface area (Å²) in [6, 6.07) is 4.29. The number of likely N-dealkylation sites (tertiary alicyclic amines) is 1. The van der Waals surface area contributed by atoms with Crippen LogP contribution >= 0.6 is 0 Å². The van der Waals surface area contributed by atoms with Crippen molar-refractivity contribution in [2.45, 2.75) is 52.2 Å². The van der Waals surface area contributed by atoms with Crippen LogP contribution in [0.5, 0.6) is 5.88 Å². The highest BCUT2D eigenvalue weighted by atomic mass is 16.5. The number of ether oxygens (including phenoxy) is 1. The zero-order valence-corrected chi connectivity index (χ0v) is 16.8. The smallest absolute Gasteiger partial charge is 0.317 e. The fourth-order valence-electron chi connectivity index (χ4n) is 3.12. The van der Waals surface area contributed by atoms with E-state index in [9.17, 15) is 4.79 Å². The van der Waals surface area contributed by atoms with Gasteiger partial charge in [-0.05, 0) is 39.7 Å². The Balaban J connectivity index is 1.42. The molecule has 2 amide bonds. The maximum Gasteiger partial charge on any atom is 0.317 e. The molecule has 152 valence electrons. The van der Waals surface area contributed by atoms with E-state index in [-0.39, 0.29) is 12.1 Å². The average molecular weight is 387 g/mol. The molecule has 0 bridgehead atoms. The molecule has 9 heteroatoms. The summed E-state index contributed by atoms with van der Waals surface area (Å²) < 4.78 is 7.29. The van der Waals surface area contributed by atoms with Crippen LogP contribution in [0.1, 0.15) is 45.3 Å². The number of hydrogen-bond acceptors (Lipinski definition) is 6. The van der Waals surface area contributed by atoms with Crippen molar-refractivity contribution in [3.63, 3.8) is 0 Å². The maximum atomic E-state index is 12.4. The molecule has 0 atom stereocenters. The molecule has 28 heavy (non-hydrogen) atoms. The lowest BCUT2D eigenvalue weighted by Crippen LogP contribution is -2.46. The van der Waals surface area contributed by atoms with E-state index in [1.807, 2.05) is 28.8 Å². The van der Waals surface area contributed by atoms with Crippen LogP contribution in [0.25, 0.3) is 0 Å². The van der Waals surface area contributed by atoms with Crippen molar-refractivity contribution in [3.05, 3.63) is 30.4 Å². The van der Waals surface area contributed by atoms with E-state index >= 15 is 0 Å². The van der Waals surface area contributed by atoms with Crippen molar-refractivity contribution in [1.82, 2.24) is 30.0 Å². The highest BCUT2D eigenvalue weighted by Crippen LogP contribution is 2.17. The third-order valence-corrected chi connectivity index (χ3v) is 4.68. The van der Waals surface area contributed by atoms with Crippen LogP contribution in [0.4, 0.5) is 10.6 Å². The molecule has 3 rings (SSSR count). The molecule has 0 unspecified atom stereocenters. The Hall–Kier alpha value is -2.84. The van der Waals surface area contributed by atoms with E-state index in [0.29, 0.717) is 38.2 Å². The molecule has 0 aromatic carbocycles. The molecule has 0 saturated carbocycles. The number of anilines is 1. The molecule has 1 saturated heterocycles. The zero-order valence-electron chi connectivity index (χ0n) is 16.8. The third kappa shape index (κ3) is 5.34. The first-order valence-corrected chi connectivity index (χ1v) is 9.83. The number of urea groups is 1. The van der Waals surface area contributed by atoms with E-state index in [0.717, 1.165) is 24.4 Å². The van der Waals surface area contributed by atoms with Gasteiger partial charge in [0.1, 0.15) is 12.1 Å². The molecule has 0 radical (unpaired) electrons. The lowest BCUT2D eigenvalue weighted by Gasteiger charge is -2.32. The van der Waals surface area contributed by atoms with E-state index in [2.05, 4.69) is 39.5 Å². The van der Waals surface area contributed by atoms with Crippen LogP contribution in [0.3, 0.4) is 0 Å². The van der Waals surface area contributed by atoms with E-state index in [1.165, 1.54) is 6.33 Å². The number of amides is 2. The lowest BCUT2D eigenvalue weighted by molar-refractivity contribution is 0.183. The summed E-state index contributed by atoms with van der Waals surface area (Å²) in [4.78, 5) is 22.6. The zero-order chi connectivity index (χ0) is 19.9. The van der Waals surface area contributed by atoms with Gasteiger partial charge in [0.05, 0.1) is 18.8 Å². The first-order chi connectivity index (χ1) is 13.5. The summed E-state index contributed by atoms with van der Waals surface area (Å²) in [6.45, 7) is 8.49. The van der Waals surface area contributed by atoms with Crippen molar-refractivity contribution in [2.24, 2.45) is 0 Å². The Bertz CT molecular complexity index is 769. The van der Waals surface area contributed by atoms with Crippen LogP contribution in [-0.4, -0.2) is 56.4 Å². The Morgan fingerprint density at radius 1 is 1.32 bits per heavy atom. The number of hydrogen-bond donors (Lipinski definition) is 2. The van der Waals surface area contributed by atoms with Gasteiger partial charge in [-0.3, -0.25) is 4.68 Å². The summed E-state index contributed by atoms with van der Waals surface area (Å²) >= 11 is 0. The van der Waals surface area contributed by atoms with Gasteiger partial charge in [-0.15, -0.1) is 0 Å². The molecule has 1 aliphatic rings. The minimum atomic E-state index is -0.0433. The largest absolute Gasteiger partial charge is 0.478 e. The lowest BCUT2D eigenvalue weighted by atomic mass is 10.1. The molecule has 1 aliphatic heterocycles. The third-order valence-electron chi connectivity index (χ3n) is 4.68. The highest BCUT2D eigenvalue weighted by Gasteiger charge is 2.23. The maximum absolute atomic E-state index is 12.4. The van der Waals surface area contributed by atoms with Crippen molar-refractivity contribution in [1.29, 1.82) is 0 Å². The second-order valence-electron chi connectivity index (χ2n) is 7.12. The molecule has 2 aromatic rings. The first-order valence-electron chi connectivity index (χ1n) is 9.83. The van der Waals surface area contributed by atoms with E-state index < -0.39 is 0 Å². The van der Waals surface area contributed by atoms with Crippen molar-refractivity contribution < 1.29 is 9.53 Å². The quantitative estimate of drug-likeness (QED) is 0.757. The van der Waals surface area contributed by atoms with Gasteiger partial charge in [-0.25, -0.2) is 14.8 Å². The number of nitrogens with zero attached hydrogens (tertiary/aromatic N) is 5. The summed E-state index contributed by atoms with van der Waals surface area (Å²) in [5.74, 6) is 1.32. The van der Waals surface area contributed by atoms with Gasteiger partial charge in [0, 0.05) is 37.4 Å². The normalized spacial score (nSPS) is 14.9. The number of rotatable bonds is 7. The molecule has 0 spiro atoms. The number of piperidine rings is 1. The highest BCUT2D eigenvalue weighted by molar-refractivity contribution is 5.74. The summed E-state index contributed by atoms with van der Waals surface area (Å²) in [5.41, 5.74) is 0.868. The number of carbonyl (C=O) groups is 1. The molecule has 2 N–H and O–H groups in total. The van der Waals surface area contributed by atoms with Crippen molar-refractivity contribution in [2.75, 3.05) is 25.0 Å². The van der Waals surface area contributed by atoms with Gasteiger partial charge in [-0.2, -0.15) is 5.10 Å². The van der Waals surface area contributed by atoms with Crippen molar-refractivity contribution in [3.8, 4) is 5.88 Å². The summed E-state index contributed by atoms with van der Waals surface area (Å²) in [6.07, 6.45) is 5.16. The second kappa shape index (κ2) is 9.38. The van der Waals surface area contributed by atoms with Gasteiger partial charge < -0.3 is 20.3 Å². The van der Waals surface area contributed by atoms with Gasteiger partial charge in [-0.1, -0.05) is 0 Å². The molecule has 1 fully saturated rings. The monoisotopic (exact) mass is 387 g/mol. The number of nitrogens with one attached hydrogen (secondary N) is 2. The Morgan fingerprint density at radius 2 is 2.11 bits per heavy atom. The van der Waals surface area contributed by atoms with Crippen LogP contribution in [0.2, 0.25) is 0 Å². The van der Waals surface area contributed by atoms with Crippen LogP contribution in [-0.2, 0) is 6.54 Å². The predicted molar refractivity (Wildman–Crippen MR) is 106 cm³/mol. The molecule has 2 aromatic heterocycles. The summed E-state index contributed by atoms with van der Waals surface area (Å²) in [7, 11) is 0. The number of aromatic nitrogens is 4. The molecule has 3 heterocycles. The first kappa shape index (κ1) is 19.9. The number of carbonyl (C=O) groups excluding carboxylic acids is 1. The van der Waals surface area contributed by atoms with E-state index in [4.69, 9.17) is 4.74 Å². The fourth-order valence-corrected chi connectivity index (χ4v) is 3.12. The molecule has 9 nitrogen and oxygen atoms in total. The molecular weight excluding hydrogens is 358 g/mol. The molecule has 0 aliphatic carbocycles. The summed E-state index contributed by atoms with van der Waals surface area (Å²) in [5, 5.41) is 10.8. The van der Waals surface area contributed by atoms with Crippen LogP contribution < -0.4 is 15.4 Å². The predicted octanol–water partition coefficient (Wildman–Crippen LogP) is 2.44. The van der Waals surface area contributed by atoms with Gasteiger partial charge in [0.25, 0.3) is 0 Å². The Labute approximate surface area is 165 Å². The van der Waals surface area contributed by atoms with Crippen molar-refractivity contribution >= 4 is 11.8 Å². The topological polar surface area (TPSA) is 97.2 Å². The minimum absolute atomic E-state index is 0.0433. The average Bonchev–Trinajstić information content (AvgIpc) is 3.17. The minimum Gasteiger partial charge on any atom is -0.478 e. The van der Waals surface area contributed by atoms with Crippen LogP contribution in [0.15, 0.2) is 24.7 Å². The van der Waals surface area contributed by atoms with Gasteiger partial charge >= 0.3 is 6.03 Å². The Kier molecular flexibility index (Phi) is 6.67. The van der Waals surface area contributed by atoms with E-state index in [1.54, 1.807) is 6.07 Å².